The number of nitro groups is 1. The highest BCUT2D eigenvalue weighted by molar-refractivity contribution is 6.46. The Balaban J connectivity index is 1.81. The van der Waals surface area contributed by atoms with Crippen LogP contribution < -0.4 is 5.32 Å². The summed E-state index contributed by atoms with van der Waals surface area (Å²) >= 11 is 0. The normalized spacial score (nSPS) is 12.5. The summed E-state index contributed by atoms with van der Waals surface area (Å²) < 4.78 is 0. The summed E-state index contributed by atoms with van der Waals surface area (Å²) in [6.45, 7) is 1.71. The van der Waals surface area contributed by atoms with Crippen LogP contribution in [0, 0.1) is 17.0 Å². The number of hydrogen-bond acceptors (Lipinski definition) is 4. The Morgan fingerprint density at radius 1 is 1.08 bits per heavy atom. The molecule has 0 atom stereocenters. The SMILES string of the molecule is Cc1ccc([N+](=O)[O-])cc1NC(=O)C(=O)c1ccc2c(c1)CCC2. The van der Waals surface area contributed by atoms with Crippen LogP contribution in [0.4, 0.5) is 11.4 Å². The van der Waals surface area contributed by atoms with Crippen molar-refractivity contribution in [3.63, 3.8) is 0 Å². The van der Waals surface area contributed by atoms with Crippen LogP contribution in [0.1, 0.15) is 33.5 Å². The van der Waals surface area contributed by atoms with E-state index >= 15 is 0 Å². The first-order valence-corrected chi connectivity index (χ1v) is 7.68. The Morgan fingerprint density at radius 3 is 2.58 bits per heavy atom. The van der Waals surface area contributed by atoms with Crippen molar-refractivity contribution in [3.05, 3.63) is 68.8 Å². The Hall–Kier alpha value is -3.02. The molecule has 24 heavy (non-hydrogen) atoms. The lowest BCUT2D eigenvalue weighted by molar-refractivity contribution is -0.384. The minimum absolute atomic E-state index is 0.138. The number of rotatable bonds is 4. The van der Waals surface area contributed by atoms with Gasteiger partial charge in [0.15, 0.2) is 0 Å². The summed E-state index contributed by atoms with van der Waals surface area (Å²) in [6.07, 6.45) is 2.98. The van der Waals surface area contributed by atoms with Gasteiger partial charge in [-0.05, 0) is 48.9 Å². The topological polar surface area (TPSA) is 89.3 Å². The molecule has 0 bridgehead atoms. The van der Waals surface area contributed by atoms with Gasteiger partial charge >= 0.3 is 0 Å². The summed E-state index contributed by atoms with van der Waals surface area (Å²) in [4.78, 5) is 34.8. The van der Waals surface area contributed by atoms with Crippen molar-refractivity contribution in [2.75, 3.05) is 5.32 Å². The number of non-ortho nitro benzene ring substituents is 1. The van der Waals surface area contributed by atoms with Crippen LogP contribution >= 0.6 is 0 Å². The second-order valence-corrected chi connectivity index (χ2v) is 5.88. The number of benzene rings is 2. The molecule has 0 saturated heterocycles. The predicted octanol–water partition coefficient (Wildman–Crippen LogP) is 3.21. The minimum Gasteiger partial charge on any atom is -0.319 e. The van der Waals surface area contributed by atoms with Gasteiger partial charge in [0, 0.05) is 17.7 Å². The van der Waals surface area contributed by atoms with Crippen LogP contribution in [0.2, 0.25) is 0 Å². The van der Waals surface area contributed by atoms with Gasteiger partial charge in [-0.2, -0.15) is 0 Å². The molecule has 1 aliphatic rings. The third kappa shape index (κ3) is 3.03. The minimum atomic E-state index is -0.795. The molecule has 6 heteroatoms. The van der Waals surface area contributed by atoms with Gasteiger partial charge in [0.25, 0.3) is 17.4 Å². The van der Waals surface area contributed by atoms with E-state index in [1.807, 2.05) is 6.07 Å². The van der Waals surface area contributed by atoms with E-state index in [-0.39, 0.29) is 11.4 Å². The summed E-state index contributed by atoms with van der Waals surface area (Å²) in [7, 11) is 0. The number of nitro benzene ring substituents is 1. The molecular weight excluding hydrogens is 308 g/mol. The van der Waals surface area contributed by atoms with E-state index in [4.69, 9.17) is 0 Å². The number of fused-ring (bicyclic) bond motifs is 1. The van der Waals surface area contributed by atoms with E-state index in [0.717, 1.165) is 24.8 Å². The van der Waals surface area contributed by atoms with Crippen molar-refractivity contribution >= 4 is 23.1 Å². The number of ketones is 1. The number of nitrogens with zero attached hydrogens (tertiary/aromatic N) is 1. The summed E-state index contributed by atoms with van der Waals surface area (Å²) in [5, 5.41) is 13.3. The maximum atomic E-state index is 12.3. The van der Waals surface area contributed by atoms with Crippen molar-refractivity contribution < 1.29 is 14.5 Å². The van der Waals surface area contributed by atoms with Gasteiger partial charge in [0.2, 0.25) is 0 Å². The quantitative estimate of drug-likeness (QED) is 0.405. The van der Waals surface area contributed by atoms with E-state index in [9.17, 15) is 19.7 Å². The lowest BCUT2D eigenvalue weighted by Gasteiger charge is -2.08. The first kappa shape index (κ1) is 15.9. The molecule has 0 saturated carbocycles. The molecule has 6 nitrogen and oxygen atoms in total. The number of carbonyl (C=O) groups is 2. The summed E-state index contributed by atoms with van der Waals surface area (Å²) in [5.74, 6) is -1.44. The van der Waals surface area contributed by atoms with Crippen molar-refractivity contribution in [3.8, 4) is 0 Å². The van der Waals surface area contributed by atoms with Gasteiger partial charge < -0.3 is 5.32 Å². The van der Waals surface area contributed by atoms with Crippen LogP contribution in [-0.4, -0.2) is 16.6 Å². The smallest absolute Gasteiger partial charge is 0.296 e. The monoisotopic (exact) mass is 324 g/mol. The molecule has 0 aromatic heterocycles. The maximum Gasteiger partial charge on any atom is 0.296 e. The molecule has 2 aromatic carbocycles. The molecule has 1 amide bonds. The number of aryl methyl sites for hydroxylation is 3. The Bertz CT molecular complexity index is 858. The number of nitrogens with one attached hydrogen (secondary N) is 1. The fraction of sp³-hybridized carbons (Fsp3) is 0.222. The second kappa shape index (κ2) is 6.23. The fourth-order valence-electron chi connectivity index (χ4n) is 2.88. The number of hydrogen-bond donors (Lipinski definition) is 1. The zero-order valence-electron chi connectivity index (χ0n) is 13.2. The first-order valence-electron chi connectivity index (χ1n) is 7.68. The number of Topliss-reactive ketones (excluding diaryl/α,β-unsaturated/α-hetero) is 1. The standard InChI is InChI=1S/C18H16N2O4/c1-11-5-8-15(20(23)24)10-16(11)19-18(22)17(21)14-7-6-12-3-2-4-13(12)9-14/h5-10H,2-4H2,1H3,(H,19,22). The zero-order chi connectivity index (χ0) is 17.3. The van der Waals surface area contributed by atoms with E-state index in [0.29, 0.717) is 11.1 Å². The molecule has 2 aromatic rings. The number of amides is 1. The van der Waals surface area contributed by atoms with Gasteiger partial charge in [-0.15, -0.1) is 0 Å². The van der Waals surface area contributed by atoms with E-state index < -0.39 is 16.6 Å². The van der Waals surface area contributed by atoms with Crippen molar-refractivity contribution in [1.29, 1.82) is 0 Å². The molecule has 0 unspecified atom stereocenters. The fourth-order valence-corrected chi connectivity index (χ4v) is 2.88. The molecule has 1 aliphatic carbocycles. The third-order valence-electron chi connectivity index (χ3n) is 4.25. The van der Waals surface area contributed by atoms with Gasteiger partial charge in [-0.25, -0.2) is 0 Å². The molecule has 122 valence electrons. The molecule has 0 spiro atoms. The molecular formula is C18H16N2O4. The average molecular weight is 324 g/mol. The molecule has 0 heterocycles. The largest absolute Gasteiger partial charge is 0.319 e. The van der Waals surface area contributed by atoms with Crippen LogP contribution in [0.5, 0.6) is 0 Å². The van der Waals surface area contributed by atoms with E-state index in [1.54, 1.807) is 19.1 Å². The Kier molecular flexibility index (Phi) is 4.12. The van der Waals surface area contributed by atoms with Crippen LogP contribution in [0.25, 0.3) is 0 Å². The van der Waals surface area contributed by atoms with Crippen molar-refractivity contribution in [2.45, 2.75) is 26.2 Å². The molecule has 0 radical (unpaired) electrons. The van der Waals surface area contributed by atoms with Gasteiger partial charge in [0.05, 0.1) is 10.6 Å². The van der Waals surface area contributed by atoms with Gasteiger partial charge in [0.1, 0.15) is 0 Å². The summed E-state index contributed by atoms with van der Waals surface area (Å²) in [6, 6.07) is 9.46. The first-order chi connectivity index (χ1) is 11.5. The third-order valence-corrected chi connectivity index (χ3v) is 4.25. The van der Waals surface area contributed by atoms with Crippen molar-refractivity contribution in [2.24, 2.45) is 0 Å². The zero-order valence-corrected chi connectivity index (χ0v) is 13.2. The van der Waals surface area contributed by atoms with Crippen molar-refractivity contribution in [1.82, 2.24) is 0 Å². The average Bonchev–Trinajstić information content (AvgIpc) is 3.03. The number of carbonyl (C=O) groups excluding carboxylic acids is 2. The van der Waals surface area contributed by atoms with Gasteiger partial charge in [-0.3, -0.25) is 19.7 Å². The summed E-state index contributed by atoms with van der Waals surface area (Å²) in [5.41, 5.74) is 3.46. The maximum absolute atomic E-state index is 12.3. The Morgan fingerprint density at radius 2 is 1.83 bits per heavy atom. The molecule has 0 aliphatic heterocycles. The number of anilines is 1. The van der Waals surface area contributed by atoms with Crippen LogP contribution in [0.3, 0.4) is 0 Å². The second-order valence-electron chi connectivity index (χ2n) is 5.88. The highest BCUT2D eigenvalue weighted by atomic mass is 16.6. The molecule has 0 fully saturated rings. The Labute approximate surface area is 138 Å². The highest BCUT2D eigenvalue weighted by Crippen LogP contribution is 2.24. The lowest BCUT2D eigenvalue weighted by atomic mass is 10.0. The van der Waals surface area contributed by atoms with E-state index in [1.165, 1.54) is 23.8 Å². The van der Waals surface area contributed by atoms with Crippen LogP contribution in [0.15, 0.2) is 36.4 Å². The lowest BCUT2D eigenvalue weighted by Crippen LogP contribution is -2.23. The van der Waals surface area contributed by atoms with Gasteiger partial charge in [-0.1, -0.05) is 18.2 Å². The molecule has 3 rings (SSSR count). The predicted molar refractivity (Wildman–Crippen MR) is 89.3 cm³/mol. The molecule has 1 N–H and O–H groups in total. The highest BCUT2D eigenvalue weighted by Gasteiger charge is 2.20. The van der Waals surface area contributed by atoms with E-state index in [2.05, 4.69) is 5.32 Å². The van der Waals surface area contributed by atoms with Crippen LogP contribution in [-0.2, 0) is 17.6 Å².